The van der Waals surface area contributed by atoms with Gasteiger partial charge in [-0.1, -0.05) is 0 Å². The third-order valence-corrected chi connectivity index (χ3v) is 3.35. The smallest absolute Gasteiger partial charge is 0.326 e. The van der Waals surface area contributed by atoms with Crippen LogP contribution in [-0.2, 0) is 4.79 Å². The van der Waals surface area contributed by atoms with Crippen LogP contribution < -0.4 is 20.1 Å². The van der Waals surface area contributed by atoms with E-state index in [-0.39, 0.29) is 12.5 Å². The van der Waals surface area contributed by atoms with Gasteiger partial charge >= 0.3 is 6.03 Å². The van der Waals surface area contributed by atoms with Gasteiger partial charge in [-0.2, -0.15) is 0 Å². The molecule has 2 aliphatic rings. The van der Waals surface area contributed by atoms with E-state index in [2.05, 4.69) is 26.6 Å². The molecule has 7 heteroatoms. The minimum absolute atomic E-state index is 0.172. The first-order chi connectivity index (χ1) is 8.65. The van der Waals surface area contributed by atoms with Gasteiger partial charge in [-0.15, -0.1) is 0 Å². The summed E-state index contributed by atoms with van der Waals surface area (Å²) in [4.78, 5) is 22.4. The standard InChI is InChI=1S/C11H7BrN2O4/c12-8-5(1-2-7-9(8)18-4-17-7)3-6-10(15)14-11(16)13-6/h1-3H,4H2,(H2,13,14,15,16)/b6-3+. The molecule has 2 heterocycles. The fourth-order valence-electron chi connectivity index (χ4n) is 1.70. The van der Waals surface area contributed by atoms with E-state index in [4.69, 9.17) is 9.47 Å². The summed E-state index contributed by atoms with van der Waals surface area (Å²) in [6.45, 7) is 0.172. The van der Waals surface area contributed by atoms with Crippen molar-refractivity contribution in [1.29, 1.82) is 0 Å². The Kier molecular flexibility index (Phi) is 2.48. The molecule has 2 aliphatic heterocycles. The molecule has 3 amide bonds. The normalized spacial score (nSPS) is 19.1. The van der Waals surface area contributed by atoms with Gasteiger partial charge in [-0.05, 0) is 39.7 Å². The lowest BCUT2D eigenvalue weighted by Gasteiger charge is -2.03. The van der Waals surface area contributed by atoms with Crippen molar-refractivity contribution in [1.82, 2.24) is 10.6 Å². The Morgan fingerprint density at radius 2 is 2.06 bits per heavy atom. The lowest BCUT2D eigenvalue weighted by Crippen LogP contribution is -2.22. The molecule has 0 spiro atoms. The number of amides is 3. The molecule has 2 N–H and O–H groups in total. The van der Waals surface area contributed by atoms with Crippen molar-refractivity contribution in [3.63, 3.8) is 0 Å². The van der Waals surface area contributed by atoms with E-state index in [1.807, 2.05) is 0 Å². The molecule has 0 radical (unpaired) electrons. The van der Waals surface area contributed by atoms with Gasteiger partial charge in [-0.25, -0.2) is 4.79 Å². The van der Waals surface area contributed by atoms with Crippen molar-refractivity contribution >= 4 is 33.9 Å². The fraction of sp³-hybridized carbons (Fsp3) is 0.0909. The number of urea groups is 1. The number of carbonyl (C=O) groups is 2. The van der Waals surface area contributed by atoms with Crippen molar-refractivity contribution in [2.75, 3.05) is 6.79 Å². The summed E-state index contributed by atoms with van der Waals surface area (Å²) in [6, 6.07) is 2.99. The number of ether oxygens (including phenoxy) is 2. The van der Waals surface area contributed by atoms with E-state index in [1.54, 1.807) is 18.2 Å². The summed E-state index contributed by atoms with van der Waals surface area (Å²) >= 11 is 3.38. The fourth-order valence-corrected chi connectivity index (χ4v) is 2.26. The molecule has 3 rings (SSSR count). The van der Waals surface area contributed by atoms with Gasteiger partial charge in [0.1, 0.15) is 5.70 Å². The molecule has 0 aliphatic carbocycles. The zero-order valence-corrected chi connectivity index (χ0v) is 10.5. The Labute approximate surface area is 110 Å². The van der Waals surface area contributed by atoms with E-state index in [1.165, 1.54) is 0 Å². The van der Waals surface area contributed by atoms with Crippen LogP contribution in [-0.4, -0.2) is 18.7 Å². The van der Waals surface area contributed by atoms with Crippen LogP contribution in [0.2, 0.25) is 0 Å². The minimum atomic E-state index is -0.525. The van der Waals surface area contributed by atoms with Crippen LogP contribution in [0.1, 0.15) is 5.56 Å². The number of hydrogen-bond acceptors (Lipinski definition) is 4. The molecule has 0 unspecified atom stereocenters. The summed E-state index contributed by atoms with van der Waals surface area (Å²) in [6.07, 6.45) is 1.56. The largest absolute Gasteiger partial charge is 0.454 e. The number of halogens is 1. The first-order valence-electron chi connectivity index (χ1n) is 5.07. The average Bonchev–Trinajstić information content (AvgIpc) is 2.90. The predicted molar refractivity (Wildman–Crippen MR) is 64.9 cm³/mol. The molecule has 0 bridgehead atoms. The lowest BCUT2D eigenvalue weighted by molar-refractivity contribution is -0.115. The third kappa shape index (κ3) is 1.72. The van der Waals surface area contributed by atoms with E-state index < -0.39 is 11.9 Å². The number of fused-ring (bicyclic) bond motifs is 1. The molecule has 0 saturated carbocycles. The van der Waals surface area contributed by atoms with Crippen LogP contribution in [0.3, 0.4) is 0 Å². The van der Waals surface area contributed by atoms with Gasteiger partial charge in [0.2, 0.25) is 6.79 Å². The van der Waals surface area contributed by atoms with Gasteiger partial charge in [0.15, 0.2) is 11.5 Å². The number of nitrogens with one attached hydrogen (secondary N) is 2. The van der Waals surface area contributed by atoms with Crippen LogP contribution in [0.5, 0.6) is 11.5 Å². The average molecular weight is 311 g/mol. The highest BCUT2D eigenvalue weighted by molar-refractivity contribution is 9.10. The maximum absolute atomic E-state index is 11.4. The molecule has 92 valence electrons. The highest BCUT2D eigenvalue weighted by Crippen LogP contribution is 2.41. The van der Waals surface area contributed by atoms with Crippen molar-refractivity contribution in [2.24, 2.45) is 0 Å². The first-order valence-corrected chi connectivity index (χ1v) is 5.86. The topological polar surface area (TPSA) is 76.7 Å². The molecule has 1 aromatic rings. The molecule has 18 heavy (non-hydrogen) atoms. The number of carbonyl (C=O) groups excluding carboxylic acids is 2. The van der Waals surface area contributed by atoms with Gasteiger partial charge in [0, 0.05) is 0 Å². The molecule has 1 aromatic carbocycles. The maximum atomic E-state index is 11.4. The summed E-state index contributed by atoms with van der Waals surface area (Å²) in [7, 11) is 0. The molecular weight excluding hydrogens is 304 g/mol. The zero-order chi connectivity index (χ0) is 12.7. The third-order valence-electron chi connectivity index (χ3n) is 2.53. The van der Waals surface area contributed by atoms with Crippen LogP contribution in [0.4, 0.5) is 4.79 Å². The minimum Gasteiger partial charge on any atom is -0.454 e. The molecule has 0 atom stereocenters. The summed E-state index contributed by atoms with van der Waals surface area (Å²) in [5.74, 6) is 0.780. The van der Waals surface area contributed by atoms with Crippen molar-refractivity contribution < 1.29 is 19.1 Å². The number of hydrogen-bond donors (Lipinski definition) is 2. The first kappa shape index (κ1) is 11.1. The molecule has 1 saturated heterocycles. The Bertz CT molecular complexity index is 597. The molecule has 1 fully saturated rings. The van der Waals surface area contributed by atoms with Gasteiger partial charge in [0.25, 0.3) is 5.91 Å². The number of benzene rings is 1. The second-order valence-electron chi connectivity index (χ2n) is 3.67. The van der Waals surface area contributed by atoms with Crippen LogP contribution in [0, 0.1) is 0 Å². The second kappa shape index (κ2) is 4.02. The molecule has 6 nitrogen and oxygen atoms in total. The van der Waals surface area contributed by atoms with Crippen molar-refractivity contribution in [3.8, 4) is 11.5 Å². The maximum Gasteiger partial charge on any atom is 0.326 e. The monoisotopic (exact) mass is 310 g/mol. The molecular formula is C11H7BrN2O4. The summed E-state index contributed by atoms with van der Waals surface area (Å²) in [5, 5.41) is 4.55. The lowest BCUT2D eigenvalue weighted by atomic mass is 10.1. The van der Waals surface area contributed by atoms with Crippen molar-refractivity contribution in [2.45, 2.75) is 0 Å². The van der Waals surface area contributed by atoms with Gasteiger partial charge < -0.3 is 14.8 Å². The SMILES string of the molecule is O=C1NC(=O)/C(=C\c2ccc3c(c2Br)OCO3)N1. The van der Waals surface area contributed by atoms with Crippen LogP contribution in [0.25, 0.3) is 6.08 Å². The summed E-state index contributed by atoms with van der Waals surface area (Å²) in [5.41, 5.74) is 0.908. The molecule has 0 aromatic heterocycles. The zero-order valence-electron chi connectivity index (χ0n) is 8.95. The van der Waals surface area contributed by atoms with E-state index in [0.717, 1.165) is 0 Å². The van der Waals surface area contributed by atoms with Crippen molar-refractivity contribution in [3.05, 3.63) is 27.9 Å². The number of imide groups is 1. The van der Waals surface area contributed by atoms with Gasteiger partial charge in [-0.3, -0.25) is 10.1 Å². The Balaban J connectivity index is 2.01. The van der Waals surface area contributed by atoms with Gasteiger partial charge in [0.05, 0.1) is 4.47 Å². The Hall–Kier alpha value is -2.02. The van der Waals surface area contributed by atoms with Crippen LogP contribution in [0.15, 0.2) is 22.3 Å². The highest BCUT2D eigenvalue weighted by atomic mass is 79.9. The quantitative estimate of drug-likeness (QED) is 0.606. The van der Waals surface area contributed by atoms with E-state index in [9.17, 15) is 9.59 Å². The summed E-state index contributed by atoms with van der Waals surface area (Å²) < 4.78 is 11.2. The Morgan fingerprint density at radius 1 is 1.22 bits per heavy atom. The van der Waals surface area contributed by atoms with E-state index >= 15 is 0 Å². The number of rotatable bonds is 1. The Morgan fingerprint density at radius 3 is 2.78 bits per heavy atom. The van der Waals surface area contributed by atoms with E-state index in [0.29, 0.717) is 21.5 Å². The predicted octanol–water partition coefficient (Wildman–Crippen LogP) is 1.36. The highest BCUT2D eigenvalue weighted by Gasteiger charge is 2.24. The second-order valence-corrected chi connectivity index (χ2v) is 4.46. The van der Waals surface area contributed by atoms with Crippen LogP contribution >= 0.6 is 15.9 Å².